The number of nitrogens with zero attached hydrogens (tertiary/aromatic N) is 1. The highest BCUT2D eigenvalue weighted by Gasteiger charge is 2.24. The minimum Gasteiger partial charge on any atom is -0.497 e. The molecule has 1 N–H and O–H groups in total. The monoisotopic (exact) mass is 486 g/mol. The van der Waals surface area contributed by atoms with Crippen LogP contribution < -0.4 is 14.8 Å². The van der Waals surface area contributed by atoms with Crippen LogP contribution in [0.15, 0.2) is 66.0 Å². The molecule has 1 aliphatic rings. The summed E-state index contributed by atoms with van der Waals surface area (Å²) < 4.78 is 13.4. The van der Waals surface area contributed by atoms with Crippen molar-refractivity contribution in [3.05, 3.63) is 87.7 Å². The Morgan fingerprint density at radius 2 is 1.71 bits per heavy atom. The Bertz CT molecular complexity index is 1300. The Morgan fingerprint density at radius 3 is 2.46 bits per heavy atom. The average molecular weight is 487 g/mol. The van der Waals surface area contributed by atoms with Crippen LogP contribution in [-0.4, -0.2) is 31.2 Å². The largest absolute Gasteiger partial charge is 0.497 e. The van der Waals surface area contributed by atoms with E-state index >= 15 is 0 Å². The molecule has 0 aliphatic heterocycles. The summed E-state index contributed by atoms with van der Waals surface area (Å²) in [6.45, 7) is 0.664. The summed E-state index contributed by atoms with van der Waals surface area (Å²) in [6, 6.07) is 21.0. The number of fused-ring (bicyclic) bond motifs is 3. The third kappa shape index (κ3) is 4.98. The van der Waals surface area contributed by atoms with Gasteiger partial charge in [0.2, 0.25) is 5.91 Å². The third-order valence-electron chi connectivity index (χ3n) is 6.57. The van der Waals surface area contributed by atoms with Crippen molar-refractivity contribution in [3.8, 4) is 28.4 Å². The van der Waals surface area contributed by atoms with Gasteiger partial charge in [0.25, 0.3) is 0 Å². The van der Waals surface area contributed by atoms with Crippen molar-refractivity contribution < 1.29 is 14.3 Å². The molecule has 5 rings (SSSR count). The molecule has 2 aromatic carbocycles. The van der Waals surface area contributed by atoms with E-state index in [0.29, 0.717) is 19.4 Å². The predicted octanol–water partition coefficient (Wildman–Crippen LogP) is 5.61. The maximum absolute atomic E-state index is 12.7. The second-order valence-corrected chi connectivity index (χ2v) is 9.78. The van der Waals surface area contributed by atoms with Gasteiger partial charge in [0.1, 0.15) is 11.5 Å². The van der Waals surface area contributed by atoms with Crippen LogP contribution in [0.25, 0.3) is 16.9 Å². The van der Waals surface area contributed by atoms with Crippen molar-refractivity contribution in [1.29, 1.82) is 0 Å². The number of hydrogen-bond acceptors (Lipinski definition) is 4. The second kappa shape index (κ2) is 10.4. The molecule has 0 bridgehead atoms. The maximum atomic E-state index is 12.7. The number of benzene rings is 2. The third-order valence-corrected chi connectivity index (χ3v) is 7.50. The van der Waals surface area contributed by atoms with Gasteiger partial charge >= 0.3 is 0 Å². The van der Waals surface area contributed by atoms with Crippen LogP contribution in [0.2, 0.25) is 0 Å². The number of methoxy groups -OCH3 is 2. The summed E-state index contributed by atoms with van der Waals surface area (Å²) >= 11 is 1.72. The fourth-order valence-electron chi connectivity index (χ4n) is 4.85. The van der Waals surface area contributed by atoms with Gasteiger partial charge in [-0.25, -0.2) is 0 Å². The molecule has 4 aromatic rings. The fraction of sp³-hybridized carbons (Fsp3) is 0.276. The van der Waals surface area contributed by atoms with Crippen LogP contribution in [0.1, 0.15) is 28.1 Å². The Hall–Kier alpha value is -3.51. The first-order chi connectivity index (χ1) is 17.2. The topological polar surface area (TPSA) is 52.5 Å². The van der Waals surface area contributed by atoms with E-state index in [-0.39, 0.29) is 5.91 Å². The van der Waals surface area contributed by atoms with E-state index in [1.54, 1.807) is 25.6 Å². The van der Waals surface area contributed by atoms with Crippen molar-refractivity contribution in [2.45, 2.75) is 32.1 Å². The van der Waals surface area contributed by atoms with E-state index < -0.39 is 0 Å². The normalized spacial score (nSPS) is 12.1. The number of ether oxygens (including phenoxy) is 2. The van der Waals surface area contributed by atoms with Gasteiger partial charge in [-0.05, 0) is 54.3 Å². The molecule has 0 saturated carbocycles. The number of rotatable bonds is 9. The van der Waals surface area contributed by atoms with Gasteiger partial charge in [0.05, 0.1) is 25.6 Å². The van der Waals surface area contributed by atoms with Gasteiger partial charge in [0, 0.05) is 47.3 Å². The summed E-state index contributed by atoms with van der Waals surface area (Å²) in [5.41, 5.74) is 7.23. The molecule has 6 heteroatoms. The van der Waals surface area contributed by atoms with Crippen LogP contribution in [0.5, 0.6) is 11.5 Å². The van der Waals surface area contributed by atoms with Crippen molar-refractivity contribution >= 4 is 17.2 Å². The minimum atomic E-state index is 0.0795. The maximum Gasteiger partial charge on any atom is 0.220 e. The summed E-state index contributed by atoms with van der Waals surface area (Å²) in [5.74, 6) is 1.56. The Labute approximate surface area is 210 Å². The molecule has 0 unspecified atom stereocenters. The summed E-state index contributed by atoms with van der Waals surface area (Å²) in [4.78, 5) is 14.0. The zero-order chi connectivity index (χ0) is 24.2. The molecule has 35 heavy (non-hydrogen) atoms. The van der Waals surface area contributed by atoms with Gasteiger partial charge in [0.15, 0.2) is 0 Å². The molecular weight excluding hydrogens is 456 g/mol. The van der Waals surface area contributed by atoms with Gasteiger partial charge in [-0.1, -0.05) is 30.3 Å². The quantitative estimate of drug-likeness (QED) is 0.334. The summed E-state index contributed by atoms with van der Waals surface area (Å²) in [5, 5.41) is 5.15. The van der Waals surface area contributed by atoms with Gasteiger partial charge < -0.3 is 19.4 Å². The van der Waals surface area contributed by atoms with Crippen molar-refractivity contribution in [3.63, 3.8) is 0 Å². The average Bonchev–Trinajstić information content (AvgIpc) is 3.55. The summed E-state index contributed by atoms with van der Waals surface area (Å²) in [7, 11) is 3.33. The minimum absolute atomic E-state index is 0.0795. The van der Waals surface area contributed by atoms with E-state index in [4.69, 9.17) is 9.47 Å². The highest BCUT2D eigenvalue weighted by molar-refractivity contribution is 7.09. The highest BCUT2D eigenvalue weighted by Crippen LogP contribution is 2.39. The number of thiophene rings is 1. The molecule has 0 spiro atoms. The van der Waals surface area contributed by atoms with Crippen LogP contribution in [0.4, 0.5) is 0 Å². The fourth-order valence-corrected chi connectivity index (χ4v) is 5.56. The number of nitrogens with one attached hydrogen (secondary N) is 1. The number of hydrogen-bond donors (Lipinski definition) is 1. The van der Waals surface area contributed by atoms with Crippen LogP contribution in [0.3, 0.4) is 0 Å². The highest BCUT2D eigenvalue weighted by atomic mass is 32.1. The zero-order valence-electron chi connectivity index (χ0n) is 20.2. The predicted molar refractivity (Wildman–Crippen MR) is 141 cm³/mol. The molecule has 5 nitrogen and oxygen atoms in total. The Morgan fingerprint density at radius 1 is 0.943 bits per heavy atom. The number of aromatic nitrogens is 1. The van der Waals surface area contributed by atoms with E-state index in [0.717, 1.165) is 42.1 Å². The van der Waals surface area contributed by atoms with Crippen molar-refractivity contribution in [2.24, 2.45) is 0 Å². The molecule has 0 saturated heterocycles. The molecule has 180 valence electrons. The number of carbonyl (C=O) groups is 1. The number of amides is 1. The smallest absolute Gasteiger partial charge is 0.220 e. The standard InChI is InChI=1S/C29H30N2O3S/c1-33-24-17-23(18-25(19-24)34-2)31-22(11-12-28(32)30-14-13-26-7-5-15-35-26)16-21-10-9-20-6-3-4-8-27(20)29(21)31/h3-8,15-19H,9-14H2,1-2H3,(H,30,32). The van der Waals surface area contributed by atoms with Gasteiger partial charge in [-0.3, -0.25) is 4.79 Å². The Balaban J connectivity index is 1.45. The lowest BCUT2D eigenvalue weighted by Gasteiger charge is -2.21. The second-order valence-electron chi connectivity index (χ2n) is 8.75. The number of carbonyl (C=O) groups excluding carboxylic acids is 1. The van der Waals surface area contributed by atoms with Crippen molar-refractivity contribution in [2.75, 3.05) is 20.8 Å². The zero-order valence-corrected chi connectivity index (χ0v) is 21.0. The first-order valence-electron chi connectivity index (χ1n) is 12.0. The van der Waals surface area contributed by atoms with Crippen molar-refractivity contribution in [1.82, 2.24) is 9.88 Å². The molecule has 2 heterocycles. The van der Waals surface area contributed by atoms with Crippen LogP contribution in [-0.2, 0) is 30.5 Å². The van der Waals surface area contributed by atoms with Crippen LogP contribution >= 0.6 is 11.3 Å². The first kappa shape index (κ1) is 23.2. The van der Waals surface area contributed by atoms with Gasteiger partial charge in [-0.15, -0.1) is 11.3 Å². The molecule has 0 fully saturated rings. The molecule has 0 atom stereocenters. The van der Waals surface area contributed by atoms with E-state index in [2.05, 4.69) is 51.7 Å². The lowest BCUT2D eigenvalue weighted by molar-refractivity contribution is -0.121. The molecule has 1 amide bonds. The lowest BCUT2D eigenvalue weighted by atomic mass is 9.90. The van der Waals surface area contributed by atoms with E-state index in [9.17, 15) is 4.79 Å². The molecule has 0 radical (unpaired) electrons. The molecule has 1 aliphatic carbocycles. The number of aryl methyl sites for hydroxylation is 3. The molecular formula is C29H30N2O3S. The van der Waals surface area contributed by atoms with Crippen LogP contribution in [0, 0.1) is 0 Å². The first-order valence-corrected chi connectivity index (χ1v) is 12.9. The van der Waals surface area contributed by atoms with E-state index in [1.165, 1.54) is 27.3 Å². The summed E-state index contributed by atoms with van der Waals surface area (Å²) in [6.07, 6.45) is 3.97. The SMILES string of the molecule is COc1cc(OC)cc(-n2c(CCC(=O)NCCc3cccs3)cc3c2-c2ccccc2CC3)c1. The van der Waals surface area contributed by atoms with Gasteiger partial charge in [-0.2, -0.15) is 0 Å². The van der Waals surface area contributed by atoms with E-state index in [1.807, 2.05) is 24.3 Å². The lowest BCUT2D eigenvalue weighted by Crippen LogP contribution is -2.25. The molecule has 2 aromatic heterocycles. The Kier molecular flexibility index (Phi) is 6.91.